The Bertz CT molecular complexity index is 1650. The summed E-state index contributed by atoms with van der Waals surface area (Å²) in [6, 6.07) is 6.01. The lowest BCUT2D eigenvalue weighted by Gasteiger charge is -2.19. The van der Waals surface area contributed by atoms with Crippen molar-refractivity contribution in [1.29, 1.82) is 0 Å². The number of aromatic nitrogens is 2. The molecule has 4 unspecified atom stereocenters. The third-order valence-electron chi connectivity index (χ3n) is 5.33. The number of nitrogen functional groups attached to an aromatic ring is 1. The molecule has 1 aliphatic heterocycles. The number of ether oxygens (including phenoxy) is 2. The number of amides is 1. The molecule has 7 N–H and O–H groups in total. The van der Waals surface area contributed by atoms with Crippen molar-refractivity contribution in [2.24, 2.45) is 0 Å². The Morgan fingerprint density at radius 1 is 1.09 bits per heavy atom. The summed E-state index contributed by atoms with van der Waals surface area (Å²) < 4.78 is 94.4. The molecule has 0 radical (unpaired) electrons. The van der Waals surface area contributed by atoms with Crippen LogP contribution in [0.5, 0.6) is 5.75 Å². The van der Waals surface area contributed by atoms with E-state index in [0.717, 1.165) is 4.57 Å². The first kappa shape index (κ1) is 36.4. The predicted molar refractivity (Wildman–Crippen MR) is 143 cm³/mol. The van der Waals surface area contributed by atoms with Crippen LogP contribution < -0.4 is 21.5 Å². The quantitative estimate of drug-likeness (QED) is 0.103. The van der Waals surface area contributed by atoms with Crippen molar-refractivity contribution in [2.75, 3.05) is 25.5 Å². The van der Waals surface area contributed by atoms with Crippen LogP contribution in [0.15, 0.2) is 35.3 Å². The van der Waals surface area contributed by atoms with Crippen molar-refractivity contribution >= 4 is 35.2 Å². The Balaban J connectivity index is 1.58. The maximum absolute atomic E-state index is 12.5. The van der Waals surface area contributed by atoms with Gasteiger partial charge >= 0.3 is 41.2 Å². The standard InChI is InChI=1S/C21H24F3N4O14P3/c22-21(23,24)19(29)26-9-10-38-15-5-2-13(3-6-15)1-4-14-11-28(20(30)27-18(14)25)17-8-7-16(40-17)12-39-44(34,35)42-45(36,37)41-43(31,32)33/h2-3,5-6,11,16-17H,7-10,12H2,(H,26,29)(H,34,35)(H,36,37)(H2,25,27,30)(H2,31,32,33). The van der Waals surface area contributed by atoms with Crippen LogP contribution in [0.4, 0.5) is 19.0 Å². The fraction of sp³-hybridized carbons (Fsp3) is 0.381. The molecule has 0 saturated carbocycles. The van der Waals surface area contributed by atoms with Crippen LogP contribution >= 0.6 is 23.5 Å². The van der Waals surface area contributed by atoms with Crippen molar-refractivity contribution in [2.45, 2.75) is 31.3 Å². The fourth-order valence-electron chi connectivity index (χ4n) is 3.49. The number of alkyl halides is 3. The summed E-state index contributed by atoms with van der Waals surface area (Å²) in [5, 5.41) is 1.67. The van der Waals surface area contributed by atoms with Crippen LogP contribution in [-0.2, 0) is 36.4 Å². The second kappa shape index (κ2) is 14.5. The number of hydrogen-bond acceptors (Lipinski definition) is 12. The van der Waals surface area contributed by atoms with Gasteiger partial charge in [-0.1, -0.05) is 11.8 Å². The molecular formula is C21H24F3N4O14P3. The number of hydrogen-bond donors (Lipinski definition) is 6. The first-order chi connectivity index (χ1) is 20.7. The van der Waals surface area contributed by atoms with Gasteiger partial charge in [0.2, 0.25) is 0 Å². The van der Waals surface area contributed by atoms with E-state index in [-0.39, 0.29) is 43.1 Å². The fourth-order valence-corrected chi connectivity index (χ4v) is 6.54. The SMILES string of the molecule is Nc1nc(=O)n(C2CCC(COP(=O)(O)OP(=O)(O)OP(=O)(O)O)O2)cc1C#Cc1ccc(OCCNC(=O)C(F)(F)F)cc1. The molecule has 4 atom stereocenters. The van der Waals surface area contributed by atoms with E-state index in [2.05, 4.69) is 30.0 Å². The summed E-state index contributed by atoms with van der Waals surface area (Å²) in [4.78, 5) is 62.9. The lowest BCUT2D eigenvalue weighted by molar-refractivity contribution is -0.173. The van der Waals surface area contributed by atoms with Crippen LogP contribution in [0.3, 0.4) is 0 Å². The van der Waals surface area contributed by atoms with E-state index in [1.165, 1.54) is 30.5 Å². The monoisotopic (exact) mass is 706 g/mol. The highest BCUT2D eigenvalue weighted by molar-refractivity contribution is 7.66. The zero-order valence-electron chi connectivity index (χ0n) is 22.4. The molecule has 1 aromatic carbocycles. The number of phosphoric ester groups is 1. The minimum atomic E-state index is -5.69. The Labute approximate surface area is 250 Å². The van der Waals surface area contributed by atoms with E-state index in [4.69, 9.17) is 25.0 Å². The molecule has 18 nitrogen and oxygen atoms in total. The third-order valence-corrected chi connectivity index (χ3v) is 9.13. The topological polar surface area (TPSA) is 268 Å². The van der Waals surface area contributed by atoms with Gasteiger partial charge in [0, 0.05) is 11.8 Å². The Hall–Kier alpha value is -3.11. The van der Waals surface area contributed by atoms with Crippen LogP contribution in [0.25, 0.3) is 0 Å². The number of carbonyl (C=O) groups is 1. The lowest BCUT2D eigenvalue weighted by Crippen LogP contribution is -2.38. The van der Waals surface area contributed by atoms with Gasteiger partial charge in [-0.2, -0.15) is 26.8 Å². The second-order valence-electron chi connectivity index (χ2n) is 8.78. The summed E-state index contributed by atoms with van der Waals surface area (Å²) in [6.45, 7) is -1.30. The molecule has 3 rings (SSSR count). The van der Waals surface area contributed by atoms with Gasteiger partial charge in [0.1, 0.15) is 24.4 Å². The molecule has 1 saturated heterocycles. The first-order valence-corrected chi connectivity index (χ1v) is 16.7. The molecular weight excluding hydrogens is 682 g/mol. The number of phosphoric acid groups is 3. The van der Waals surface area contributed by atoms with Gasteiger partial charge in [0.25, 0.3) is 0 Å². The largest absolute Gasteiger partial charge is 0.492 e. The van der Waals surface area contributed by atoms with Crippen molar-refractivity contribution in [3.05, 3.63) is 52.1 Å². The van der Waals surface area contributed by atoms with E-state index in [1.54, 1.807) is 5.32 Å². The van der Waals surface area contributed by atoms with Crippen molar-refractivity contribution in [1.82, 2.24) is 14.9 Å². The van der Waals surface area contributed by atoms with Gasteiger partial charge in [-0.3, -0.25) is 13.9 Å². The third kappa shape index (κ3) is 12.0. The number of halogens is 3. The van der Waals surface area contributed by atoms with Gasteiger partial charge in [0.05, 0.1) is 24.8 Å². The van der Waals surface area contributed by atoms with E-state index in [1.807, 2.05) is 0 Å². The number of carbonyl (C=O) groups excluding carboxylic acids is 1. The highest BCUT2D eigenvalue weighted by atomic mass is 31.3. The summed E-state index contributed by atoms with van der Waals surface area (Å²) in [7, 11) is -16.6. The molecule has 0 bridgehead atoms. The highest BCUT2D eigenvalue weighted by Crippen LogP contribution is 2.66. The van der Waals surface area contributed by atoms with E-state index in [0.29, 0.717) is 5.56 Å². The zero-order valence-corrected chi connectivity index (χ0v) is 25.1. The highest BCUT2D eigenvalue weighted by Gasteiger charge is 2.41. The summed E-state index contributed by atoms with van der Waals surface area (Å²) in [5.74, 6) is 3.53. The summed E-state index contributed by atoms with van der Waals surface area (Å²) in [5.41, 5.74) is 5.58. The molecule has 1 fully saturated rings. The average Bonchev–Trinajstić information content (AvgIpc) is 3.36. The number of nitrogens with two attached hydrogens (primary N) is 1. The van der Waals surface area contributed by atoms with E-state index < -0.39 is 60.2 Å². The van der Waals surface area contributed by atoms with E-state index >= 15 is 0 Å². The molecule has 248 valence electrons. The number of anilines is 1. The van der Waals surface area contributed by atoms with Crippen molar-refractivity contribution < 1.29 is 73.9 Å². The normalized spacial score (nSPS) is 19.5. The van der Waals surface area contributed by atoms with E-state index in [9.17, 15) is 46.2 Å². The Morgan fingerprint density at radius 3 is 2.38 bits per heavy atom. The molecule has 2 aromatic rings. The van der Waals surface area contributed by atoms with Crippen molar-refractivity contribution in [3.8, 4) is 17.6 Å². The molecule has 1 aliphatic rings. The number of rotatable bonds is 12. The minimum Gasteiger partial charge on any atom is -0.492 e. The average molecular weight is 706 g/mol. The van der Waals surface area contributed by atoms with Gasteiger partial charge in [0.15, 0.2) is 0 Å². The minimum absolute atomic E-state index is 0.121. The van der Waals surface area contributed by atoms with Crippen LogP contribution in [0, 0.1) is 11.8 Å². The number of benzene rings is 1. The molecule has 45 heavy (non-hydrogen) atoms. The molecule has 1 amide bonds. The lowest BCUT2D eigenvalue weighted by atomic mass is 10.2. The van der Waals surface area contributed by atoms with Crippen LogP contribution in [0.2, 0.25) is 0 Å². The van der Waals surface area contributed by atoms with Crippen LogP contribution in [0.1, 0.15) is 30.2 Å². The Morgan fingerprint density at radius 2 is 1.76 bits per heavy atom. The Kier molecular flexibility index (Phi) is 11.7. The van der Waals surface area contributed by atoms with Gasteiger partial charge in [-0.25, -0.2) is 18.5 Å². The smallest absolute Gasteiger partial charge is 0.490 e. The first-order valence-electron chi connectivity index (χ1n) is 12.2. The van der Waals surface area contributed by atoms with Gasteiger partial charge < -0.3 is 40.1 Å². The molecule has 0 aliphatic carbocycles. The predicted octanol–water partition coefficient (Wildman–Crippen LogP) is 1.30. The second-order valence-corrected chi connectivity index (χ2v) is 13.2. The molecule has 1 aromatic heterocycles. The van der Waals surface area contributed by atoms with Crippen molar-refractivity contribution in [3.63, 3.8) is 0 Å². The molecule has 0 spiro atoms. The maximum Gasteiger partial charge on any atom is 0.490 e. The maximum atomic E-state index is 12.5. The molecule has 2 heterocycles. The number of nitrogens with one attached hydrogen (secondary N) is 1. The molecule has 24 heteroatoms. The van der Waals surface area contributed by atoms with Gasteiger partial charge in [-0.15, -0.1) is 0 Å². The summed E-state index contributed by atoms with van der Waals surface area (Å²) in [6.07, 6.45) is -5.31. The summed E-state index contributed by atoms with van der Waals surface area (Å²) >= 11 is 0. The number of nitrogens with zero attached hydrogens (tertiary/aromatic N) is 2. The van der Waals surface area contributed by atoms with Crippen LogP contribution in [-0.4, -0.2) is 67.1 Å². The zero-order chi connectivity index (χ0) is 33.6. The van der Waals surface area contributed by atoms with Gasteiger partial charge in [-0.05, 0) is 37.1 Å².